The van der Waals surface area contributed by atoms with Crippen molar-refractivity contribution < 1.29 is 4.79 Å². The molecule has 1 unspecified atom stereocenters. The minimum absolute atomic E-state index is 0.121. The molecule has 0 saturated carbocycles. The molecule has 2 aromatic rings. The number of hydrogen-bond donors (Lipinski definition) is 0. The van der Waals surface area contributed by atoms with Crippen LogP contribution in [0.4, 0.5) is 5.69 Å². The van der Waals surface area contributed by atoms with E-state index in [0.717, 1.165) is 30.6 Å². The summed E-state index contributed by atoms with van der Waals surface area (Å²) in [5, 5.41) is 9.02. The summed E-state index contributed by atoms with van der Waals surface area (Å²) in [5.74, 6) is 0.159. The van der Waals surface area contributed by atoms with E-state index in [1.807, 2.05) is 60.5 Å². The number of hydrogen-bond acceptors (Lipinski definition) is 3. The van der Waals surface area contributed by atoms with Crippen molar-refractivity contribution in [1.82, 2.24) is 4.90 Å². The van der Waals surface area contributed by atoms with Crippen molar-refractivity contribution in [2.24, 2.45) is 0 Å². The molecule has 4 heteroatoms. The van der Waals surface area contributed by atoms with Gasteiger partial charge < -0.3 is 4.90 Å². The maximum Gasteiger partial charge on any atom is 0.244 e. The molecule has 0 aromatic heterocycles. The lowest BCUT2D eigenvalue weighted by Crippen LogP contribution is -2.51. The molecule has 1 heterocycles. The van der Waals surface area contributed by atoms with Gasteiger partial charge in [0.05, 0.1) is 17.7 Å². The molecule has 1 atom stereocenters. The number of benzene rings is 2. The van der Waals surface area contributed by atoms with E-state index < -0.39 is 0 Å². The molecule has 0 bridgehead atoms. The van der Waals surface area contributed by atoms with Crippen molar-refractivity contribution in [2.75, 3.05) is 18.5 Å². The molecule has 24 heavy (non-hydrogen) atoms. The fourth-order valence-corrected chi connectivity index (χ4v) is 3.27. The van der Waals surface area contributed by atoms with Gasteiger partial charge >= 0.3 is 0 Å². The zero-order valence-electron chi connectivity index (χ0n) is 13.9. The highest BCUT2D eigenvalue weighted by molar-refractivity contribution is 5.97. The van der Waals surface area contributed by atoms with E-state index in [9.17, 15) is 4.79 Å². The lowest BCUT2D eigenvalue weighted by molar-refractivity contribution is -0.125. The summed E-state index contributed by atoms with van der Waals surface area (Å²) in [4.78, 5) is 16.9. The van der Waals surface area contributed by atoms with Gasteiger partial charge in [0, 0.05) is 18.8 Å². The molecule has 1 amide bonds. The zero-order chi connectivity index (χ0) is 16.9. The number of carbonyl (C=O) groups is 1. The van der Waals surface area contributed by atoms with Crippen molar-refractivity contribution >= 4 is 11.6 Å². The van der Waals surface area contributed by atoms with E-state index >= 15 is 0 Å². The topological polar surface area (TPSA) is 47.3 Å². The number of likely N-dealkylation sites (N-methyl/N-ethyl adjacent to an activating group) is 1. The Morgan fingerprint density at radius 3 is 2.75 bits per heavy atom. The van der Waals surface area contributed by atoms with Gasteiger partial charge in [0.15, 0.2) is 0 Å². The van der Waals surface area contributed by atoms with Crippen LogP contribution in [0, 0.1) is 11.3 Å². The molecule has 1 saturated heterocycles. The van der Waals surface area contributed by atoms with Crippen LogP contribution in [0.15, 0.2) is 54.6 Å². The molecular formula is C20H21N3O. The summed E-state index contributed by atoms with van der Waals surface area (Å²) in [6.45, 7) is 1.44. The van der Waals surface area contributed by atoms with Crippen LogP contribution in [0.1, 0.15) is 24.0 Å². The molecule has 0 radical (unpaired) electrons. The molecule has 1 aliphatic rings. The number of anilines is 1. The number of nitriles is 1. The second kappa shape index (κ2) is 7.29. The van der Waals surface area contributed by atoms with Crippen molar-refractivity contribution in [1.29, 1.82) is 5.26 Å². The van der Waals surface area contributed by atoms with E-state index in [0.29, 0.717) is 12.1 Å². The van der Waals surface area contributed by atoms with E-state index in [1.54, 1.807) is 6.07 Å². The second-order valence-corrected chi connectivity index (χ2v) is 6.21. The Balaban J connectivity index is 1.73. The number of amides is 1. The lowest BCUT2D eigenvalue weighted by Gasteiger charge is -2.37. The predicted octanol–water partition coefficient (Wildman–Crippen LogP) is 3.19. The van der Waals surface area contributed by atoms with Crippen LogP contribution in [0.25, 0.3) is 0 Å². The highest BCUT2D eigenvalue weighted by Crippen LogP contribution is 2.24. The quantitative estimate of drug-likeness (QED) is 0.869. The Hall–Kier alpha value is -2.64. The SMILES string of the molecule is CN(Cc1cccc(C#N)c1)C1CCCN(c2ccccc2)C1=O. The fraction of sp³-hybridized carbons (Fsp3) is 0.300. The Morgan fingerprint density at radius 2 is 2.00 bits per heavy atom. The van der Waals surface area contributed by atoms with Crippen molar-refractivity contribution in [3.8, 4) is 6.07 Å². The number of para-hydroxylation sites is 1. The molecule has 0 N–H and O–H groups in total. The highest BCUT2D eigenvalue weighted by Gasteiger charge is 2.32. The molecular weight excluding hydrogens is 298 g/mol. The van der Waals surface area contributed by atoms with Gasteiger partial charge in [-0.15, -0.1) is 0 Å². The first kappa shape index (κ1) is 16.2. The van der Waals surface area contributed by atoms with Gasteiger partial charge in [0.1, 0.15) is 0 Å². The van der Waals surface area contributed by atoms with Crippen LogP contribution >= 0.6 is 0 Å². The lowest BCUT2D eigenvalue weighted by atomic mass is 10.0. The van der Waals surface area contributed by atoms with Gasteiger partial charge in [-0.2, -0.15) is 5.26 Å². The van der Waals surface area contributed by atoms with E-state index in [-0.39, 0.29) is 11.9 Å². The first-order valence-corrected chi connectivity index (χ1v) is 8.25. The van der Waals surface area contributed by atoms with Crippen LogP contribution < -0.4 is 4.90 Å². The average Bonchev–Trinajstić information content (AvgIpc) is 2.62. The van der Waals surface area contributed by atoms with Gasteiger partial charge in [0.2, 0.25) is 5.91 Å². The third-order valence-corrected chi connectivity index (χ3v) is 4.50. The molecule has 1 fully saturated rings. The van der Waals surface area contributed by atoms with Gasteiger partial charge in [-0.3, -0.25) is 9.69 Å². The standard InChI is InChI=1S/C20H21N3O/c1-22(15-17-8-5-7-16(13-17)14-21)19-11-6-12-23(20(19)24)18-9-3-2-4-10-18/h2-5,7-10,13,19H,6,11-12,15H2,1H3. The van der Waals surface area contributed by atoms with Crippen molar-refractivity contribution in [3.05, 3.63) is 65.7 Å². The van der Waals surface area contributed by atoms with Gasteiger partial charge in [-0.1, -0.05) is 30.3 Å². The van der Waals surface area contributed by atoms with Gasteiger partial charge in [-0.25, -0.2) is 0 Å². The second-order valence-electron chi connectivity index (χ2n) is 6.21. The first-order chi connectivity index (χ1) is 11.7. The third-order valence-electron chi connectivity index (χ3n) is 4.50. The summed E-state index contributed by atoms with van der Waals surface area (Å²) in [6.07, 6.45) is 1.87. The Morgan fingerprint density at radius 1 is 1.21 bits per heavy atom. The summed E-state index contributed by atoms with van der Waals surface area (Å²) >= 11 is 0. The maximum absolute atomic E-state index is 12.9. The Labute approximate surface area is 142 Å². The van der Waals surface area contributed by atoms with E-state index in [1.165, 1.54) is 0 Å². The minimum Gasteiger partial charge on any atom is -0.311 e. The van der Waals surface area contributed by atoms with Crippen molar-refractivity contribution in [2.45, 2.75) is 25.4 Å². The smallest absolute Gasteiger partial charge is 0.244 e. The highest BCUT2D eigenvalue weighted by atomic mass is 16.2. The molecule has 4 nitrogen and oxygen atoms in total. The maximum atomic E-state index is 12.9. The monoisotopic (exact) mass is 319 g/mol. The summed E-state index contributed by atoms with van der Waals surface area (Å²) in [6, 6.07) is 19.5. The number of rotatable bonds is 4. The largest absolute Gasteiger partial charge is 0.311 e. The molecule has 0 spiro atoms. The summed E-state index contributed by atoms with van der Waals surface area (Å²) in [7, 11) is 1.98. The molecule has 122 valence electrons. The third kappa shape index (κ3) is 3.47. The van der Waals surface area contributed by atoms with Gasteiger partial charge in [0.25, 0.3) is 0 Å². The van der Waals surface area contributed by atoms with Crippen LogP contribution in [-0.4, -0.2) is 30.4 Å². The van der Waals surface area contributed by atoms with Gasteiger partial charge in [-0.05, 0) is 49.7 Å². The van der Waals surface area contributed by atoms with E-state index in [4.69, 9.17) is 5.26 Å². The Kier molecular flexibility index (Phi) is 4.93. The normalized spacial score (nSPS) is 17.8. The first-order valence-electron chi connectivity index (χ1n) is 8.25. The average molecular weight is 319 g/mol. The van der Waals surface area contributed by atoms with Crippen molar-refractivity contribution in [3.63, 3.8) is 0 Å². The zero-order valence-corrected chi connectivity index (χ0v) is 13.9. The van der Waals surface area contributed by atoms with E-state index in [2.05, 4.69) is 11.0 Å². The molecule has 0 aliphatic carbocycles. The minimum atomic E-state index is -0.121. The summed E-state index contributed by atoms with van der Waals surface area (Å²) < 4.78 is 0. The number of carbonyl (C=O) groups excluding carboxylic acids is 1. The van der Waals surface area contributed by atoms with Crippen LogP contribution in [-0.2, 0) is 11.3 Å². The van der Waals surface area contributed by atoms with Crippen LogP contribution in [0.5, 0.6) is 0 Å². The van der Waals surface area contributed by atoms with Crippen LogP contribution in [0.3, 0.4) is 0 Å². The summed E-state index contributed by atoms with van der Waals surface area (Å²) in [5.41, 5.74) is 2.68. The molecule has 1 aliphatic heterocycles. The molecule has 3 rings (SSSR count). The number of piperidine rings is 1. The fourth-order valence-electron chi connectivity index (χ4n) is 3.27. The van der Waals surface area contributed by atoms with Crippen LogP contribution in [0.2, 0.25) is 0 Å². The molecule has 2 aromatic carbocycles. The Bertz CT molecular complexity index is 751. The number of nitrogens with zero attached hydrogens (tertiary/aromatic N) is 3. The predicted molar refractivity (Wildman–Crippen MR) is 94.4 cm³/mol.